The van der Waals surface area contributed by atoms with Crippen LogP contribution in [0.1, 0.15) is 5.56 Å². The minimum Gasteiger partial charge on any atom is -0.398 e. The molecule has 0 bridgehead atoms. The molecule has 3 N–H and O–H groups in total. The van der Waals surface area contributed by atoms with Gasteiger partial charge in [0.2, 0.25) is 5.91 Å². The zero-order valence-corrected chi connectivity index (χ0v) is 13.0. The third-order valence-corrected chi connectivity index (χ3v) is 4.44. The summed E-state index contributed by atoms with van der Waals surface area (Å²) in [5.41, 5.74) is 7.86. The Balaban J connectivity index is 2.02. The molecule has 1 atom stereocenters. The lowest BCUT2D eigenvalue weighted by atomic mass is 10.2. The number of nitrogens with one attached hydrogen (secondary N) is 1. The number of anilines is 2. The summed E-state index contributed by atoms with van der Waals surface area (Å²) in [4.78, 5) is 12.3. The van der Waals surface area contributed by atoms with Crippen LogP contribution in [-0.4, -0.2) is 15.9 Å². The Morgan fingerprint density at radius 1 is 1.24 bits per heavy atom. The van der Waals surface area contributed by atoms with Gasteiger partial charge in [-0.25, -0.2) is 0 Å². The zero-order valence-electron chi connectivity index (χ0n) is 11.4. The van der Waals surface area contributed by atoms with Gasteiger partial charge in [-0.1, -0.05) is 29.3 Å². The summed E-state index contributed by atoms with van der Waals surface area (Å²) in [6, 6.07) is 12.1. The van der Waals surface area contributed by atoms with E-state index in [2.05, 4.69) is 5.32 Å². The van der Waals surface area contributed by atoms with Crippen LogP contribution in [0.4, 0.5) is 11.4 Å². The SMILES string of the molecule is Cc1ccc(NC(=O)CS(=O)c2ccc(Cl)cc2N)cc1. The second-order valence-electron chi connectivity index (χ2n) is 4.59. The van der Waals surface area contributed by atoms with Gasteiger partial charge >= 0.3 is 0 Å². The van der Waals surface area contributed by atoms with Crippen LogP contribution < -0.4 is 11.1 Å². The number of nitrogen functional groups attached to an aromatic ring is 1. The van der Waals surface area contributed by atoms with Crippen LogP contribution in [0.3, 0.4) is 0 Å². The van der Waals surface area contributed by atoms with E-state index < -0.39 is 10.8 Å². The molecule has 0 aliphatic carbocycles. The summed E-state index contributed by atoms with van der Waals surface area (Å²) in [5, 5.41) is 3.17. The molecule has 0 spiro atoms. The summed E-state index contributed by atoms with van der Waals surface area (Å²) in [6.07, 6.45) is 0. The van der Waals surface area contributed by atoms with Crippen LogP contribution in [0.2, 0.25) is 5.02 Å². The summed E-state index contributed by atoms with van der Waals surface area (Å²) >= 11 is 5.79. The van der Waals surface area contributed by atoms with Crippen molar-refractivity contribution in [3.63, 3.8) is 0 Å². The maximum atomic E-state index is 12.2. The van der Waals surface area contributed by atoms with Gasteiger partial charge in [-0.2, -0.15) is 0 Å². The first-order valence-corrected chi connectivity index (χ1v) is 7.95. The number of aryl methyl sites for hydroxylation is 1. The highest BCUT2D eigenvalue weighted by Crippen LogP contribution is 2.21. The van der Waals surface area contributed by atoms with Crippen LogP contribution in [0.15, 0.2) is 47.4 Å². The highest BCUT2D eigenvalue weighted by molar-refractivity contribution is 7.86. The fourth-order valence-electron chi connectivity index (χ4n) is 1.76. The first kappa shape index (κ1) is 15.5. The Hall–Kier alpha value is -1.85. The Morgan fingerprint density at radius 2 is 1.90 bits per heavy atom. The molecule has 1 amide bonds. The van der Waals surface area contributed by atoms with Gasteiger partial charge in [0.25, 0.3) is 0 Å². The average Bonchev–Trinajstić information content (AvgIpc) is 2.41. The molecule has 0 aliphatic heterocycles. The second-order valence-corrected chi connectivity index (χ2v) is 6.44. The molecule has 2 rings (SSSR count). The average molecular weight is 323 g/mol. The van der Waals surface area contributed by atoms with Gasteiger partial charge < -0.3 is 11.1 Å². The molecule has 2 aromatic carbocycles. The minimum absolute atomic E-state index is 0.153. The van der Waals surface area contributed by atoms with Gasteiger partial charge in [-0.3, -0.25) is 9.00 Å². The van der Waals surface area contributed by atoms with Crippen LogP contribution >= 0.6 is 11.6 Å². The molecular formula is C15H15ClN2O2S. The summed E-state index contributed by atoms with van der Waals surface area (Å²) in [6.45, 7) is 1.96. The first-order chi connectivity index (χ1) is 9.95. The standard InChI is InChI=1S/C15H15ClN2O2S/c1-10-2-5-12(6-3-10)18-15(19)9-21(20)14-7-4-11(16)8-13(14)17/h2-8H,9,17H2,1H3,(H,18,19). The van der Waals surface area contributed by atoms with E-state index in [4.69, 9.17) is 17.3 Å². The number of rotatable bonds is 4. The van der Waals surface area contributed by atoms with Crippen molar-refractivity contribution in [1.82, 2.24) is 0 Å². The highest BCUT2D eigenvalue weighted by atomic mass is 35.5. The number of amides is 1. The van der Waals surface area contributed by atoms with Crippen molar-refractivity contribution in [2.45, 2.75) is 11.8 Å². The van der Waals surface area contributed by atoms with Crippen molar-refractivity contribution in [3.8, 4) is 0 Å². The Kier molecular flexibility index (Phi) is 4.98. The predicted molar refractivity (Wildman–Crippen MR) is 86.9 cm³/mol. The van der Waals surface area contributed by atoms with Gasteiger partial charge in [-0.05, 0) is 37.3 Å². The maximum Gasteiger partial charge on any atom is 0.237 e. The van der Waals surface area contributed by atoms with E-state index >= 15 is 0 Å². The first-order valence-electron chi connectivity index (χ1n) is 6.25. The Bertz CT molecular complexity index is 687. The van der Waals surface area contributed by atoms with Gasteiger partial charge in [0.1, 0.15) is 5.75 Å². The number of carbonyl (C=O) groups excluding carboxylic acids is 1. The molecule has 1 unspecified atom stereocenters. The number of hydrogen-bond acceptors (Lipinski definition) is 3. The summed E-state index contributed by atoms with van der Waals surface area (Å²) in [5.74, 6) is -0.480. The normalized spacial score (nSPS) is 11.9. The van der Waals surface area contributed by atoms with Gasteiger partial charge in [0.05, 0.1) is 15.7 Å². The number of nitrogens with two attached hydrogens (primary N) is 1. The van der Waals surface area contributed by atoms with Gasteiger partial charge in [0.15, 0.2) is 0 Å². The van der Waals surface area contributed by atoms with E-state index in [1.165, 1.54) is 6.07 Å². The summed E-state index contributed by atoms with van der Waals surface area (Å²) < 4.78 is 12.2. The smallest absolute Gasteiger partial charge is 0.237 e. The fourth-order valence-corrected chi connectivity index (χ4v) is 2.95. The van der Waals surface area contributed by atoms with E-state index in [1.54, 1.807) is 24.3 Å². The van der Waals surface area contributed by atoms with Crippen LogP contribution in [0.5, 0.6) is 0 Å². The largest absolute Gasteiger partial charge is 0.398 e. The number of carbonyl (C=O) groups is 1. The lowest BCUT2D eigenvalue weighted by Gasteiger charge is -2.07. The fraction of sp³-hybridized carbons (Fsp3) is 0.133. The molecule has 21 heavy (non-hydrogen) atoms. The molecule has 4 nitrogen and oxygen atoms in total. The maximum absolute atomic E-state index is 12.2. The van der Waals surface area contributed by atoms with Crippen molar-refractivity contribution in [2.24, 2.45) is 0 Å². The molecule has 0 fully saturated rings. The van der Waals surface area contributed by atoms with Crippen LogP contribution in [0.25, 0.3) is 0 Å². The minimum atomic E-state index is -1.51. The van der Waals surface area contributed by atoms with Gasteiger partial charge in [0, 0.05) is 16.4 Å². The predicted octanol–water partition coefficient (Wildman–Crippen LogP) is 2.98. The molecule has 6 heteroatoms. The van der Waals surface area contributed by atoms with Crippen molar-refractivity contribution in [1.29, 1.82) is 0 Å². The molecule has 0 radical (unpaired) electrons. The molecule has 0 aromatic heterocycles. The van der Waals surface area contributed by atoms with Crippen molar-refractivity contribution in [2.75, 3.05) is 16.8 Å². The number of halogens is 1. The summed E-state index contributed by atoms with van der Waals surface area (Å²) in [7, 11) is -1.51. The van der Waals surface area contributed by atoms with Crippen molar-refractivity contribution in [3.05, 3.63) is 53.1 Å². The topological polar surface area (TPSA) is 72.2 Å². The zero-order chi connectivity index (χ0) is 15.4. The Morgan fingerprint density at radius 3 is 2.52 bits per heavy atom. The molecule has 0 saturated carbocycles. The van der Waals surface area contributed by atoms with E-state index in [0.29, 0.717) is 21.3 Å². The second kappa shape index (κ2) is 6.74. The number of benzene rings is 2. The van der Waals surface area contributed by atoms with Crippen molar-refractivity contribution < 1.29 is 9.00 Å². The quantitative estimate of drug-likeness (QED) is 0.850. The van der Waals surface area contributed by atoms with E-state index in [9.17, 15) is 9.00 Å². The highest BCUT2D eigenvalue weighted by Gasteiger charge is 2.13. The molecule has 0 aliphatic rings. The van der Waals surface area contributed by atoms with Crippen LogP contribution in [0, 0.1) is 6.92 Å². The lowest BCUT2D eigenvalue weighted by Crippen LogP contribution is -2.20. The Labute approximate surface area is 130 Å². The molecule has 0 heterocycles. The van der Waals surface area contributed by atoms with E-state index in [0.717, 1.165) is 5.56 Å². The monoisotopic (exact) mass is 322 g/mol. The molecule has 110 valence electrons. The molecule has 2 aromatic rings. The van der Waals surface area contributed by atoms with Crippen molar-refractivity contribution >= 4 is 39.7 Å². The van der Waals surface area contributed by atoms with E-state index in [-0.39, 0.29) is 11.7 Å². The molecular weight excluding hydrogens is 308 g/mol. The lowest BCUT2D eigenvalue weighted by molar-refractivity contribution is -0.113. The third-order valence-electron chi connectivity index (χ3n) is 2.81. The van der Waals surface area contributed by atoms with E-state index in [1.807, 2.05) is 19.1 Å². The van der Waals surface area contributed by atoms with Gasteiger partial charge in [-0.15, -0.1) is 0 Å². The van der Waals surface area contributed by atoms with Crippen LogP contribution in [-0.2, 0) is 15.6 Å². The number of hydrogen-bond donors (Lipinski definition) is 2. The third kappa shape index (κ3) is 4.31. The molecule has 0 saturated heterocycles.